The van der Waals surface area contributed by atoms with Crippen molar-refractivity contribution in [3.8, 4) is 11.3 Å². The first-order chi connectivity index (χ1) is 12.1. The summed E-state index contributed by atoms with van der Waals surface area (Å²) in [5, 5.41) is 16.1. The predicted octanol–water partition coefficient (Wildman–Crippen LogP) is 2.93. The first-order valence-corrected chi connectivity index (χ1v) is 7.57. The van der Waals surface area contributed by atoms with Crippen molar-refractivity contribution in [3.63, 3.8) is 0 Å². The van der Waals surface area contributed by atoms with E-state index in [4.69, 9.17) is 4.52 Å². The van der Waals surface area contributed by atoms with Gasteiger partial charge in [-0.25, -0.2) is 4.79 Å². The molecule has 0 spiro atoms. The Balaban J connectivity index is 1.91. The minimum Gasteiger partial charge on any atom is -0.477 e. The van der Waals surface area contributed by atoms with E-state index >= 15 is 0 Å². The fraction of sp³-hybridized carbons (Fsp3) is 0.111. The van der Waals surface area contributed by atoms with E-state index in [0.29, 0.717) is 11.1 Å². The van der Waals surface area contributed by atoms with Crippen molar-refractivity contribution >= 4 is 11.9 Å². The summed E-state index contributed by atoms with van der Waals surface area (Å²) < 4.78 is 5.24. The lowest BCUT2D eigenvalue weighted by Gasteiger charge is -2.11. The van der Waals surface area contributed by atoms with E-state index in [1.54, 1.807) is 55.6 Å². The molecular formula is C18H15N3O4. The highest BCUT2D eigenvalue weighted by Gasteiger charge is 2.28. The van der Waals surface area contributed by atoms with E-state index < -0.39 is 12.0 Å². The number of nitrogens with zero attached hydrogens (tertiary/aromatic N) is 2. The average molecular weight is 337 g/mol. The van der Waals surface area contributed by atoms with Gasteiger partial charge in [-0.3, -0.25) is 9.78 Å². The number of nitrogens with one attached hydrogen (secondary N) is 1. The van der Waals surface area contributed by atoms with E-state index in [2.05, 4.69) is 15.5 Å². The molecule has 2 N–H and O–H groups in total. The minimum absolute atomic E-state index is 0.0793. The Morgan fingerprint density at radius 2 is 1.92 bits per heavy atom. The topological polar surface area (TPSA) is 105 Å². The number of rotatable bonds is 5. The van der Waals surface area contributed by atoms with E-state index in [-0.39, 0.29) is 22.9 Å². The van der Waals surface area contributed by atoms with Gasteiger partial charge in [0.1, 0.15) is 11.3 Å². The van der Waals surface area contributed by atoms with Gasteiger partial charge in [-0.05, 0) is 31.2 Å². The van der Waals surface area contributed by atoms with Crippen LogP contribution in [0.25, 0.3) is 11.3 Å². The molecule has 0 radical (unpaired) electrons. The Kier molecular flexibility index (Phi) is 4.56. The lowest BCUT2D eigenvalue weighted by Crippen LogP contribution is -2.27. The summed E-state index contributed by atoms with van der Waals surface area (Å²) in [5.74, 6) is -1.43. The summed E-state index contributed by atoms with van der Waals surface area (Å²) in [7, 11) is 0. The number of pyridine rings is 1. The number of hydrogen-bond donors (Lipinski definition) is 2. The van der Waals surface area contributed by atoms with Crippen LogP contribution in [0.3, 0.4) is 0 Å². The van der Waals surface area contributed by atoms with Crippen LogP contribution in [0.5, 0.6) is 0 Å². The molecule has 2 heterocycles. The maximum atomic E-state index is 12.3. The van der Waals surface area contributed by atoms with E-state index in [1.165, 1.54) is 6.20 Å². The number of aromatic nitrogens is 2. The van der Waals surface area contributed by atoms with Crippen LogP contribution in [0, 0.1) is 0 Å². The highest BCUT2D eigenvalue weighted by Crippen LogP contribution is 2.28. The van der Waals surface area contributed by atoms with Gasteiger partial charge in [0.25, 0.3) is 5.91 Å². The van der Waals surface area contributed by atoms with E-state index in [1.807, 2.05) is 0 Å². The smallest absolute Gasteiger partial charge is 0.341 e. The summed E-state index contributed by atoms with van der Waals surface area (Å²) in [6, 6.07) is 11.3. The number of benzene rings is 1. The number of carboxylic acid groups (broad SMARTS) is 1. The lowest BCUT2D eigenvalue weighted by molar-refractivity contribution is 0.0692. The fourth-order valence-corrected chi connectivity index (χ4v) is 2.44. The standard InChI is InChI=1S/C18H15N3O4/c1-11(20-17(22)12-6-3-2-4-7-12)16-14(18(23)24)15(21-25-16)13-8-5-9-19-10-13/h2-11H,1H3,(H,20,22)(H,23,24). The van der Waals surface area contributed by atoms with Gasteiger partial charge >= 0.3 is 5.97 Å². The van der Waals surface area contributed by atoms with Gasteiger partial charge in [0.2, 0.25) is 0 Å². The number of carbonyl (C=O) groups excluding carboxylic acids is 1. The van der Waals surface area contributed by atoms with Crippen molar-refractivity contribution in [2.45, 2.75) is 13.0 Å². The summed E-state index contributed by atoms with van der Waals surface area (Å²) >= 11 is 0. The second-order valence-corrected chi connectivity index (χ2v) is 5.38. The Hall–Kier alpha value is -3.48. The molecule has 7 nitrogen and oxygen atoms in total. The fourth-order valence-electron chi connectivity index (χ4n) is 2.44. The maximum absolute atomic E-state index is 12.3. The number of aromatic carboxylic acids is 1. The second-order valence-electron chi connectivity index (χ2n) is 5.38. The molecule has 3 aromatic rings. The molecule has 0 aliphatic rings. The zero-order valence-electron chi connectivity index (χ0n) is 13.3. The van der Waals surface area contributed by atoms with Crippen molar-refractivity contribution in [2.24, 2.45) is 0 Å². The highest BCUT2D eigenvalue weighted by molar-refractivity contribution is 5.97. The van der Waals surface area contributed by atoms with Gasteiger partial charge in [0.15, 0.2) is 5.76 Å². The molecule has 0 aliphatic carbocycles. The molecule has 1 atom stereocenters. The van der Waals surface area contributed by atoms with Crippen molar-refractivity contribution in [1.29, 1.82) is 0 Å². The summed E-state index contributed by atoms with van der Waals surface area (Å²) in [6.45, 7) is 1.64. The molecule has 1 unspecified atom stereocenters. The Morgan fingerprint density at radius 1 is 1.16 bits per heavy atom. The Bertz CT molecular complexity index is 891. The van der Waals surface area contributed by atoms with Crippen LogP contribution in [-0.2, 0) is 0 Å². The lowest BCUT2D eigenvalue weighted by atomic mass is 10.0. The van der Waals surface area contributed by atoms with Crippen LogP contribution < -0.4 is 5.32 Å². The second kappa shape index (κ2) is 6.96. The summed E-state index contributed by atoms with van der Waals surface area (Å²) in [6.07, 6.45) is 3.08. The molecule has 3 rings (SSSR count). The maximum Gasteiger partial charge on any atom is 0.341 e. The summed E-state index contributed by atoms with van der Waals surface area (Å²) in [5.41, 5.74) is 1.08. The zero-order valence-corrected chi connectivity index (χ0v) is 13.3. The van der Waals surface area contributed by atoms with Crippen molar-refractivity contribution in [3.05, 3.63) is 71.7 Å². The van der Waals surface area contributed by atoms with Gasteiger partial charge in [-0.15, -0.1) is 0 Å². The molecule has 1 amide bonds. The Labute approximate surface area is 143 Å². The first-order valence-electron chi connectivity index (χ1n) is 7.57. The van der Waals surface area contributed by atoms with E-state index in [0.717, 1.165) is 0 Å². The summed E-state index contributed by atoms with van der Waals surface area (Å²) in [4.78, 5) is 27.9. The molecule has 0 aliphatic heterocycles. The quantitative estimate of drug-likeness (QED) is 0.741. The normalized spacial score (nSPS) is 11.7. The van der Waals surface area contributed by atoms with Gasteiger partial charge in [0.05, 0.1) is 6.04 Å². The van der Waals surface area contributed by atoms with E-state index in [9.17, 15) is 14.7 Å². The van der Waals surface area contributed by atoms with Crippen LogP contribution >= 0.6 is 0 Å². The monoisotopic (exact) mass is 337 g/mol. The van der Waals surface area contributed by atoms with Crippen LogP contribution in [0.15, 0.2) is 59.4 Å². The van der Waals surface area contributed by atoms with Gasteiger partial charge in [0, 0.05) is 23.5 Å². The third-order valence-corrected chi connectivity index (χ3v) is 3.64. The van der Waals surface area contributed by atoms with Crippen molar-refractivity contribution < 1.29 is 19.2 Å². The van der Waals surface area contributed by atoms with Crippen LogP contribution in [-0.4, -0.2) is 27.1 Å². The number of hydrogen-bond acceptors (Lipinski definition) is 5. The highest BCUT2D eigenvalue weighted by atomic mass is 16.5. The molecule has 1 aromatic carbocycles. The van der Waals surface area contributed by atoms with Crippen LogP contribution in [0.2, 0.25) is 0 Å². The molecular weight excluding hydrogens is 322 g/mol. The molecule has 2 aromatic heterocycles. The van der Waals surface area contributed by atoms with Crippen molar-refractivity contribution in [2.75, 3.05) is 0 Å². The predicted molar refractivity (Wildman–Crippen MR) is 89.0 cm³/mol. The Morgan fingerprint density at radius 3 is 2.56 bits per heavy atom. The van der Waals surface area contributed by atoms with Crippen LogP contribution in [0.4, 0.5) is 0 Å². The van der Waals surface area contributed by atoms with Crippen LogP contribution in [0.1, 0.15) is 39.4 Å². The third kappa shape index (κ3) is 3.40. The number of amides is 1. The molecule has 0 saturated heterocycles. The van der Waals surface area contributed by atoms with Crippen molar-refractivity contribution in [1.82, 2.24) is 15.5 Å². The largest absolute Gasteiger partial charge is 0.477 e. The molecule has 0 fully saturated rings. The number of carboxylic acids is 1. The molecule has 25 heavy (non-hydrogen) atoms. The van der Waals surface area contributed by atoms with Gasteiger partial charge in [-0.2, -0.15) is 0 Å². The number of carbonyl (C=O) groups is 2. The molecule has 126 valence electrons. The van der Waals surface area contributed by atoms with Gasteiger partial charge in [-0.1, -0.05) is 23.4 Å². The molecule has 0 bridgehead atoms. The zero-order chi connectivity index (χ0) is 17.8. The minimum atomic E-state index is -1.18. The first kappa shape index (κ1) is 16.4. The molecule has 7 heteroatoms. The molecule has 0 saturated carbocycles. The SMILES string of the molecule is CC(NC(=O)c1ccccc1)c1onc(-c2cccnc2)c1C(=O)O. The average Bonchev–Trinajstić information content (AvgIpc) is 3.08. The van der Waals surface area contributed by atoms with Gasteiger partial charge < -0.3 is 14.9 Å². The third-order valence-electron chi connectivity index (χ3n) is 3.64.